The quantitative estimate of drug-likeness (QED) is 0.0904. The molecule has 8 nitrogen and oxygen atoms in total. The summed E-state index contributed by atoms with van der Waals surface area (Å²) in [5, 5.41) is 0. The fourth-order valence-corrected chi connectivity index (χ4v) is 4.82. The van der Waals surface area contributed by atoms with Crippen molar-refractivity contribution < 1.29 is 37.9 Å². The Morgan fingerprint density at radius 1 is 0.829 bits per heavy atom. The Labute approximate surface area is 215 Å². The zero-order chi connectivity index (χ0) is 25.1. The van der Waals surface area contributed by atoms with E-state index >= 15 is 0 Å². The van der Waals surface area contributed by atoms with Gasteiger partial charge in [0.1, 0.15) is 19.3 Å². The molecule has 0 aromatic rings. The van der Waals surface area contributed by atoms with Gasteiger partial charge in [-0.3, -0.25) is 9.05 Å². The monoisotopic (exact) mass is 525 g/mol. The van der Waals surface area contributed by atoms with Crippen LogP contribution < -0.4 is 0 Å². The number of hydrogen-bond acceptors (Lipinski definition) is 6. The summed E-state index contributed by atoms with van der Waals surface area (Å²) in [7, 11) is 1.94. The lowest BCUT2D eigenvalue weighted by atomic mass is 10.0. The van der Waals surface area contributed by atoms with E-state index in [0.29, 0.717) is 17.6 Å². The number of nitrogens with zero attached hydrogens (tertiary/aromatic N) is 1. The number of quaternary nitrogens is 1. The first-order valence-electron chi connectivity index (χ1n) is 13.9. The summed E-state index contributed by atoms with van der Waals surface area (Å²) in [6.07, 6.45) is 20.6. The Kier molecular flexibility index (Phi) is 20.9. The minimum Gasteiger partial charge on any atom is -0.870 e. The van der Waals surface area contributed by atoms with Crippen molar-refractivity contribution in [3.63, 3.8) is 0 Å². The summed E-state index contributed by atoms with van der Waals surface area (Å²) in [5.74, 6) is 0. The highest BCUT2D eigenvalue weighted by Crippen LogP contribution is 2.43. The molecule has 1 fully saturated rings. The smallest absolute Gasteiger partial charge is 0.472 e. The van der Waals surface area contributed by atoms with Crippen molar-refractivity contribution in [3.8, 4) is 0 Å². The molecular formula is C26H56NO7P. The van der Waals surface area contributed by atoms with Gasteiger partial charge in [0.15, 0.2) is 6.29 Å². The van der Waals surface area contributed by atoms with Gasteiger partial charge in [0.05, 0.1) is 34.4 Å². The zero-order valence-corrected chi connectivity index (χ0v) is 24.0. The van der Waals surface area contributed by atoms with Crippen LogP contribution in [0.15, 0.2) is 0 Å². The molecule has 1 saturated heterocycles. The highest BCUT2D eigenvalue weighted by molar-refractivity contribution is 7.47. The summed E-state index contributed by atoms with van der Waals surface area (Å²) >= 11 is 0. The molecule has 0 spiro atoms. The third-order valence-corrected chi connectivity index (χ3v) is 7.28. The first-order chi connectivity index (χ1) is 16.2. The molecule has 0 radical (unpaired) electrons. The van der Waals surface area contributed by atoms with Crippen molar-refractivity contribution in [2.24, 2.45) is 0 Å². The molecule has 3 unspecified atom stereocenters. The number of likely N-dealkylation sites (N-methyl/N-ethyl adjacent to an activating group) is 1. The average molecular weight is 526 g/mol. The third-order valence-electron chi connectivity index (χ3n) is 6.30. The van der Waals surface area contributed by atoms with Gasteiger partial charge >= 0.3 is 7.82 Å². The Morgan fingerprint density at radius 3 is 1.80 bits per heavy atom. The maximum Gasteiger partial charge on any atom is 0.472 e. The van der Waals surface area contributed by atoms with Gasteiger partial charge in [0, 0.05) is 0 Å². The van der Waals surface area contributed by atoms with E-state index in [4.69, 9.17) is 18.5 Å². The summed E-state index contributed by atoms with van der Waals surface area (Å²) in [4.78, 5) is 9.80. The van der Waals surface area contributed by atoms with Crippen LogP contribution in [-0.4, -0.2) is 74.8 Å². The van der Waals surface area contributed by atoms with Crippen LogP contribution in [0.2, 0.25) is 0 Å². The Hall–Kier alpha value is -0.0500. The van der Waals surface area contributed by atoms with E-state index in [2.05, 4.69) is 6.92 Å². The lowest BCUT2D eigenvalue weighted by Gasteiger charge is -2.24. The summed E-state index contributed by atoms with van der Waals surface area (Å²) in [6.45, 7) is 3.46. The topological polar surface area (TPSA) is 104 Å². The highest BCUT2D eigenvalue weighted by atomic mass is 31.2. The summed E-state index contributed by atoms with van der Waals surface area (Å²) < 4.78 is 34.2. The van der Waals surface area contributed by atoms with Crippen LogP contribution in [0.1, 0.15) is 110 Å². The van der Waals surface area contributed by atoms with Crippen LogP contribution in [0.4, 0.5) is 0 Å². The van der Waals surface area contributed by atoms with Crippen molar-refractivity contribution in [1.29, 1.82) is 0 Å². The van der Waals surface area contributed by atoms with Gasteiger partial charge < -0.3 is 24.3 Å². The standard InChI is InChI=1S/C26H54NO6P.H2O/c1-5-6-7-8-9-10-11-12-13-14-15-16-17-18-19-20-26-30-23-25(33-26)24-32-34(28,29)31-22-21-27(2,3)4;/h25-26H,5-24H2,1-4H3;1H2. The molecular weight excluding hydrogens is 469 g/mol. The fraction of sp³-hybridized carbons (Fsp3) is 1.00. The fourth-order valence-electron chi connectivity index (χ4n) is 4.07. The number of phosphoric ester groups is 1. The van der Waals surface area contributed by atoms with Crippen LogP contribution in [0, 0.1) is 0 Å². The molecule has 9 heteroatoms. The molecule has 1 aliphatic rings. The lowest BCUT2D eigenvalue weighted by molar-refractivity contribution is -0.870. The normalized spacial score (nSPS) is 20.0. The van der Waals surface area contributed by atoms with E-state index in [9.17, 15) is 9.46 Å². The average Bonchev–Trinajstić information content (AvgIpc) is 3.22. The zero-order valence-electron chi connectivity index (χ0n) is 23.1. The molecule has 35 heavy (non-hydrogen) atoms. The van der Waals surface area contributed by atoms with Crippen molar-refractivity contribution in [1.82, 2.24) is 0 Å². The summed E-state index contributed by atoms with van der Waals surface area (Å²) in [5.41, 5.74) is 0. The number of rotatable bonds is 23. The molecule has 0 amide bonds. The molecule has 0 aliphatic carbocycles. The van der Waals surface area contributed by atoms with E-state index < -0.39 is 7.82 Å². The third kappa shape index (κ3) is 21.7. The predicted octanol–water partition coefficient (Wildman–Crippen LogP) is 6.65. The van der Waals surface area contributed by atoms with E-state index in [1.807, 2.05) is 21.1 Å². The number of hydrogen-bond donors (Lipinski definition) is 1. The molecule has 2 N–H and O–H groups in total. The molecule has 1 aliphatic heterocycles. The van der Waals surface area contributed by atoms with Crippen molar-refractivity contribution >= 4 is 7.82 Å². The summed E-state index contributed by atoms with van der Waals surface area (Å²) in [6, 6.07) is 0. The molecule has 1 rings (SSSR count). The van der Waals surface area contributed by atoms with Gasteiger partial charge in [-0.05, 0) is 12.8 Å². The van der Waals surface area contributed by atoms with Gasteiger partial charge in [-0.1, -0.05) is 96.8 Å². The minimum atomic E-state index is -4.05. The van der Waals surface area contributed by atoms with Gasteiger partial charge in [-0.2, -0.15) is 0 Å². The van der Waals surface area contributed by atoms with Crippen molar-refractivity contribution in [2.45, 2.75) is 122 Å². The van der Waals surface area contributed by atoms with Crippen LogP contribution in [0.3, 0.4) is 0 Å². The second-order valence-electron chi connectivity index (χ2n) is 10.9. The molecule has 1 heterocycles. The number of phosphoric acid groups is 1. The van der Waals surface area contributed by atoms with Crippen LogP contribution in [0.25, 0.3) is 0 Å². The molecule has 0 saturated carbocycles. The van der Waals surface area contributed by atoms with E-state index in [-0.39, 0.29) is 31.1 Å². The first kappa shape index (κ1) is 35.0. The molecule has 0 aromatic carbocycles. The van der Waals surface area contributed by atoms with Crippen LogP contribution in [-0.2, 0) is 23.1 Å². The Morgan fingerprint density at radius 2 is 1.31 bits per heavy atom. The molecule has 0 aromatic heterocycles. The first-order valence-corrected chi connectivity index (χ1v) is 15.4. The molecule has 3 atom stereocenters. The van der Waals surface area contributed by atoms with Gasteiger partial charge in [-0.25, -0.2) is 4.57 Å². The second kappa shape index (κ2) is 20.9. The maximum absolute atomic E-state index is 12.0. The van der Waals surface area contributed by atoms with E-state index in [0.717, 1.165) is 12.8 Å². The second-order valence-corrected chi connectivity index (χ2v) is 12.3. The molecule has 0 bridgehead atoms. The Bertz CT molecular complexity index is 530. The Balaban J connectivity index is 0.0000116. The maximum atomic E-state index is 12.0. The van der Waals surface area contributed by atoms with Gasteiger partial charge in [0.2, 0.25) is 0 Å². The number of ether oxygens (including phenoxy) is 2. The predicted molar refractivity (Wildman–Crippen MR) is 141 cm³/mol. The highest BCUT2D eigenvalue weighted by Gasteiger charge is 2.30. The number of unbranched alkanes of at least 4 members (excludes halogenated alkanes) is 14. The van der Waals surface area contributed by atoms with Crippen molar-refractivity contribution in [3.05, 3.63) is 0 Å². The lowest BCUT2D eigenvalue weighted by Crippen LogP contribution is -2.37. The van der Waals surface area contributed by atoms with Crippen LogP contribution >= 0.6 is 7.82 Å². The van der Waals surface area contributed by atoms with Crippen molar-refractivity contribution in [2.75, 3.05) is 47.5 Å². The minimum absolute atomic E-state index is 0. The van der Waals surface area contributed by atoms with E-state index in [1.54, 1.807) is 0 Å². The largest absolute Gasteiger partial charge is 0.870 e. The molecule has 212 valence electrons. The van der Waals surface area contributed by atoms with Gasteiger partial charge in [-0.15, -0.1) is 0 Å². The van der Waals surface area contributed by atoms with Gasteiger partial charge in [0.25, 0.3) is 0 Å². The van der Waals surface area contributed by atoms with Crippen LogP contribution in [0.5, 0.6) is 0 Å². The van der Waals surface area contributed by atoms with E-state index in [1.165, 1.54) is 89.9 Å². The SMILES string of the molecule is CCCCCCCCCCCCCCCCCC1OCC(COP(=O)(O)OCC[N+](C)(C)C)O1.[OH-].